The molecule has 1 heterocycles. The van der Waals surface area contributed by atoms with Gasteiger partial charge in [0.15, 0.2) is 0 Å². The lowest BCUT2D eigenvalue weighted by atomic mass is 10.1. The van der Waals surface area contributed by atoms with Crippen LogP contribution in [0.5, 0.6) is 0 Å². The van der Waals surface area contributed by atoms with Gasteiger partial charge in [0.2, 0.25) is 0 Å². The molecule has 94 valence electrons. The van der Waals surface area contributed by atoms with Gasteiger partial charge in [-0.25, -0.2) is 0 Å². The van der Waals surface area contributed by atoms with E-state index in [2.05, 4.69) is 10.3 Å². The Morgan fingerprint density at radius 1 is 1.28 bits per heavy atom. The van der Waals surface area contributed by atoms with Gasteiger partial charge >= 0.3 is 0 Å². The molecule has 0 spiro atoms. The van der Waals surface area contributed by atoms with Crippen molar-refractivity contribution >= 4 is 22.1 Å². The predicted octanol–water partition coefficient (Wildman–Crippen LogP) is 2.00. The Kier molecular flexibility index (Phi) is 2.59. The largest absolute Gasteiger partial charge is 0.398 e. The van der Waals surface area contributed by atoms with Gasteiger partial charge in [0.25, 0.3) is 0 Å². The molecule has 0 amide bonds. The Labute approximate surface area is 106 Å². The van der Waals surface area contributed by atoms with Crippen LogP contribution in [0.15, 0.2) is 30.6 Å². The van der Waals surface area contributed by atoms with Gasteiger partial charge < -0.3 is 16.2 Å². The third-order valence-corrected chi connectivity index (χ3v) is 3.80. The molecule has 0 bridgehead atoms. The summed E-state index contributed by atoms with van der Waals surface area (Å²) in [6.07, 6.45) is 5.76. The molecule has 1 aliphatic rings. The fourth-order valence-corrected chi connectivity index (χ4v) is 2.22. The van der Waals surface area contributed by atoms with Crippen LogP contribution in [0.25, 0.3) is 10.8 Å². The first kappa shape index (κ1) is 11.3. The first-order chi connectivity index (χ1) is 8.74. The van der Waals surface area contributed by atoms with Crippen molar-refractivity contribution in [3.63, 3.8) is 0 Å². The summed E-state index contributed by atoms with van der Waals surface area (Å²) in [4.78, 5) is 4.10. The highest BCUT2D eigenvalue weighted by Crippen LogP contribution is 2.45. The molecule has 2 aromatic rings. The molecule has 4 N–H and O–H groups in total. The molecule has 0 radical (unpaired) electrons. The molecule has 0 atom stereocenters. The summed E-state index contributed by atoms with van der Waals surface area (Å²) < 4.78 is 0. The molecule has 18 heavy (non-hydrogen) atoms. The predicted molar refractivity (Wildman–Crippen MR) is 73.4 cm³/mol. The second kappa shape index (κ2) is 4.14. The summed E-state index contributed by atoms with van der Waals surface area (Å²) in [6.45, 7) is 1.07. The van der Waals surface area contributed by atoms with Gasteiger partial charge in [-0.05, 0) is 31.0 Å². The van der Waals surface area contributed by atoms with Crippen LogP contribution in [0.3, 0.4) is 0 Å². The van der Waals surface area contributed by atoms with Crippen molar-refractivity contribution in [2.24, 2.45) is 5.41 Å². The Bertz CT molecular complexity index is 578. The number of benzene rings is 1. The van der Waals surface area contributed by atoms with Crippen molar-refractivity contribution in [1.29, 1.82) is 0 Å². The zero-order chi connectivity index (χ0) is 12.6. The summed E-state index contributed by atoms with van der Waals surface area (Å²) in [7, 11) is 0. The normalized spacial score (nSPS) is 16.7. The average molecular weight is 243 g/mol. The number of nitrogen functional groups attached to an aromatic ring is 1. The van der Waals surface area contributed by atoms with Gasteiger partial charge in [0, 0.05) is 46.5 Å². The van der Waals surface area contributed by atoms with E-state index >= 15 is 0 Å². The zero-order valence-electron chi connectivity index (χ0n) is 10.2. The average Bonchev–Trinajstić information content (AvgIpc) is 3.19. The van der Waals surface area contributed by atoms with E-state index in [0.717, 1.165) is 41.5 Å². The number of anilines is 2. The number of nitrogens with zero attached hydrogens (tertiary/aromatic N) is 1. The van der Waals surface area contributed by atoms with E-state index in [1.165, 1.54) is 0 Å². The number of hydrogen-bond donors (Lipinski definition) is 3. The molecule has 0 unspecified atom stereocenters. The molecular formula is C14H17N3O. The molecule has 1 saturated carbocycles. The van der Waals surface area contributed by atoms with Gasteiger partial charge in [-0.2, -0.15) is 0 Å². The van der Waals surface area contributed by atoms with E-state index in [1.807, 2.05) is 18.2 Å². The summed E-state index contributed by atoms with van der Waals surface area (Å²) in [6, 6.07) is 5.85. The lowest BCUT2D eigenvalue weighted by molar-refractivity contribution is 0.220. The second-order valence-electron chi connectivity index (χ2n) is 5.14. The summed E-state index contributed by atoms with van der Waals surface area (Å²) in [5.74, 6) is 0. The highest BCUT2D eigenvalue weighted by atomic mass is 16.3. The quantitative estimate of drug-likeness (QED) is 0.718. The Morgan fingerprint density at radius 2 is 2.11 bits per heavy atom. The Morgan fingerprint density at radius 3 is 2.83 bits per heavy atom. The zero-order valence-corrected chi connectivity index (χ0v) is 10.2. The van der Waals surface area contributed by atoms with Gasteiger partial charge in [0.05, 0.1) is 6.61 Å². The molecule has 1 aromatic heterocycles. The van der Waals surface area contributed by atoms with Gasteiger partial charge in [-0.15, -0.1) is 0 Å². The lowest BCUT2D eigenvalue weighted by Gasteiger charge is -2.16. The highest BCUT2D eigenvalue weighted by molar-refractivity contribution is 6.00. The standard InChI is InChI=1S/C14H17N3O/c15-12-1-2-13(10-3-6-16-7-11(10)12)17-8-14(9-18)4-5-14/h1-3,6-7,17-18H,4-5,8-9,15H2. The van der Waals surface area contributed by atoms with Gasteiger partial charge in [-0.1, -0.05) is 0 Å². The maximum Gasteiger partial charge on any atom is 0.0504 e. The number of rotatable bonds is 4. The SMILES string of the molecule is Nc1ccc(NCC2(CO)CC2)c2ccncc12. The van der Waals surface area contributed by atoms with Gasteiger partial charge in [0.1, 0.15) is 0 Å². The van der Waals surface area contributed by atoms with E-state index in [-0.39, 0.29) is 12.0 Å². The highest BCUT2D eigenvalue weighted by Gasteiger charge is 2.41. The number of pyridine rings is 1. The summed E-state index contributed by atoms with van der Waals surface area (Å²) >= 11 is 0. The number of aromatic nitrogens is 1. The first-order valence-electron chi connectivity index (χ1n) is 6.21. The summed E-state index contributed by atoms with van der Waals surface area (Å²) in [5, 5.41) is 14.8. The number of aliphatic hydroxyl groups excluding tert-OH is 1. The van der Waals surface area contributed by atoms with Crippen molar-refractivity contribution in [2.75, 3.05) is 24.2 Å². The molecule has 0 saturated heterocycles. The third-order valence-electron chi connectivity index (χ3n) is 3.80. The van der Waals surface area contributed by atoms with E-state index in [0.29, 0.717) is 0 Å². The maximum atomic E-state index is 9.32. The minimum Gasteiger partial charge on any atom is -0.398 e. The van der Waals surface area contributed by atoms with Crippen LogP contribution in [0.1, 0.15) is 12.8 Å². The van der Waals surface area contributed by atoms with Crippen LogP contribution in [0, 0.1) is 5.41 Å². The molecule has 1 fully saturated rings. The molecule has 1 aromatic carbocycles. The van der Waals surface area contributed by atoms with Crippen molar-refractivity contribution in [2.45, 2.75) is 12.8 Å². The van der Waals surface area contributed by atoms with Crippen LogP contribution in [-0.4, -0.2) is 23.2 Å². The topological polar surface area (TPSA) is 71.2 Å². The third kappa shape index (κ3) is 1.88. The first-order valence-corrected chi connectivity index (χ1v) is 6.21. The van der Waals surface area contributed by atoms with Crippen LogP contribution >= 0.6 is 0 Å². The fraction of sp³-hybridized carbons (Fsp3) is 0.357. The van der Waals surface area contributed by atoms with Crippen LogP contribution in [-0.2, 0) is 0 Å². The molecule has 0 aliphatic heterocycles. The number of nitrogens with two attached hydrogens (primary N) is 1. The monoisotopic (exact) mass is 243 g/mol. The van der Waals surface area contributed by atoms with E-state index < -0.39 is 0 Å². The van der Waals surface area contributed by atoms with Crippen LogP contribution < -0.4 is 11.1 Å². The second-order valence-corrected chi connectivity index (χ2v) is 5.14. The van der Waals surface area contributed by atoms with Crippen molar-refractivity contribution in [3.05, 3.63) is 30.6 Å². The molecular weight excluding hydrogens is 226 g/mol. The smallest absolute Gasteiger partial charge is 0.0504 e. The number of fused-ring (bicyclic) bond motifs is 1. The molecule has 4 heteroatoms. The van der Waals surface area contributed by atoms with E-state index in [1.54, 1.807) is 12.4 Å². The molecule has 3 rings (SSSR count). The van der Waals surface area contributed by atoms with E-state index in [9.17, 15) is 5.11 Å². The molecule has 1 aliphatic carbocycles. The summed E-state index contributed by atoms with van der Waals surface area (Å²) in [5.41, 5.74) is 7.84. The maximum absolute atomic E-state index is 9.32. The number of aliphatic hydroxyl groups is 1. The van der Waals surface area contributed by atoms with Crippen molar-refractivity contribution in [1.82, 2.24) is 4.98 Å². The Balaban J connectivity index is 1.90. The minimum absolute atomic E-state index is 0.0980. The number of hydrogen-bond acceptors (Lipinski definition) is 4. The van der Waals surface area contributed by atoms with Gasteiger partial charge in [-0.3, -0.25) is 4.98 Å². The van der Waals surface area contributed by atoms with Crippen molar-refractivity contribution < 1.29 is 5.11 Å². The minimum atomic E-state index is 0.0980. The fourth-order valence-electron chi connectivity index (χ4n) is 2.22. The Hall–Kier alpha value is -1.81. The van der Waals surface area contributed by atoms with Crippen LogP contribution in [0.2, 0.25) is 0 Å². The lowest BCUT2D eigenvalue weighted by Crippen LogP contribution is -2.19. The number of nitrogens with one attached hydrogen (secondary N) is 1. The van der Waals surface area contributed by atoms with E-state index in [4.69, 9.17) is 5.73 Å². The molecule has 4 nitrogen and oxygen atoms in total. The van der Waals surface area contributed by atoms with Crippen LogP contribution in [0.4, 0.5) is 11.4 Å². The van der Waals surface area contributed by atoms with Crippen molar-refractivity contribution in [3.8, 4) is 0 Å².